The van der Waals surface area contributed by atoms with Gasteiger partial charge >= 0.3 is 0 Å². The van der Waals surface area contributed by atoms with Gasteiger partial charge in [-0.2, -0.15) is 0 Å². The maximum absolute atomic E-state index is 4.48. The van der Waals surface area contributed by atoms with Gasteiger partial charge in [0, 0.05) is 23.3 Å². The highest BCUT2D eigenvalue weighted by molar-refractivity contribution is 5.32. The van der Waals surface area contributed by atoms with E-state index in [2.05, 4.69) is 66.6 Å². The number of pyridine rings is 1. The average Bonchev–Trinajstić information content (AvgIpc) is 2.55. The lowest BCUT2D eigenvalue weighted by Gasteiger charge is -2.40. The van der Waals surface area contributed by atoms with E-state index in [0.717, 1.165) is 18.5 Å². The summed E-state index contributed by atoms with van der Waals surface area (Å²) in [5.41, 5.74) is 3.81. The van der Waals surface area contributed by atoms with E-state index in [1.54, 1.807) is 0 Å². The van der Waals surface area contributed by atoms with Gasteiger partial charge in [-0.05, 0) is 44.0 Å². The number of nitrogens with one attached hydrogen (secondary N) is 1. The predicted octanol–water partition coefficient (Wildman–Crippen LogP) is 4.41. The molecule has 0 amide bonds. The molecule has 2 rings (SSSR count). The Morgan fingerprint density at radius 3 is 2.19 bits per heavy atom. The van der Waals surface area contributed by atoms with Crippen molar-refractivity contribution < 1.29 is 0 Å². The molecular weight excluding hydrogens is 256 g/mol. The van der Waals surface area contributed by atoms with Crippen LogP contribution < -0.4 is 5.32 Å². The zero-order valence-corrected chi connectivity index (χ0v) is 13.6. The second-order valence-electron chi connectivity index (χ2n) is 5.68. The highest BCUT2D eigenvalue weighted by atomic mass is 14.9. The second kappa shape index (κ2) is 6.86. The molecule has 2 heteroatoms. The van der Waals surface area contributed by atoms with Crippen LogP contribution in [0.1, 0.15) is 49.6 Å². The minimum absolute atomic E-state index is 0.0902. The molecule has 1 heterocycles. The fraction of sp³-hybridized carbons (Fsp3) is 0.421. The summed E-state index contributed by atoms with van der Waals surface area (Å²) in [7, 11) is 2.05. The van der Waals surface area contributed by atoms with Gasteiger partial charge in [0.15, 0.2) is 0 Å². The van der Waals surface area contributed by atoms with Crippen LogP contribution in [0.15, 0.2) is 48.7 Å². The van der Waals surface area contributed by atoms with Gasteiger partial charge in [-0.1, -0.05) is 50.2 Å². The first kappa shape index (κ1) is 15.7. The molecule has 2 nitrogen and oxygen atoms in total. The van der Waals surface area contributed by atoms with Crippen molar-refractivity contribution in [3.05, 3.63) is 65.5 Å². The van der Waals surface area contributed by atoms with E-state index in [1.807, 2.05) is 20.2 Å². The molecule has 112 valence electrons. The lowest BCUT2D eigenvalue weighted by Crippen LogP contribution is -2.39. The van der Waals surface area contributed by atoms with Crippen LogP contribution in [-0.4, -0.2) is 12.0 Å². The molecule has 0 aliphatic heterocycles. The Kier molecular flexibility index (Phi) is 5.13. The minimum atomic E-state index is 0.0902. The third kappa shape index (κ3) is 3.01. The summed E-state index contributed by atoms with van der Waals surface area (Å²) in [5.74, 6) is 0. The standard InChI is InChI=1S/C19H26N2/c1-5-19(6-2,17-10-8-7-9-11-17)18(20-4)16-13-12-15(3)21-14-16/h7-14,18,20H,5-6H2,1-4H3. The zero-order valence-electron chi connectivity index (χ0n) is 13.6. The summed E-state index contributed by atoms with van der Waals surface area (Å²) in [4.78, 5) is 4.48. The average molecular weight is 282 g/mol. The van der Waals surface area contributed by atoms with Crippen LogP contribution in [0.3, 0.4) is 0 Å². The molecule has 1 N–H and O–H groups in total. The van der Waals surface area contributed by atoms with Gasteiger partial charge in [0.05, 0.1) is 0 Å². The minimum Gasteiger partial charge on any atom is -0.312 e. The Labute approximate surface area is 128 Å². The quantitative estimate of drug-likeness (QED) is 0.849. The molecule has 0 radical (unpaired) electrons. The van der Waals surface area contributed by atoms with E-state index in [-0.39, 0.29) is 11.5 Å². The van der Waals surface area contributed by atoms with E-state index >= 15 is 0 Å². The van der Waals surface area contributed by atoms with E-state index in [9.17, 15) is 0 Å². The second-order valence-corrected chi connectivity index (χ2v) is 5.68. The molecular formula is C19H26N2. The first-order valence-corrected chi connectivity index (χ1v) is 7.83. The topological polar surface area (TPSA) is 24.9 Å². The number of aromatic nitrogens is 1. The molecule has 0 saturated carbocycles. The smallest absolute Gasteiger partial charge is 0.0430 e. The highest BCUT2D eigenvalue weighted by Gasteiger charge is 2.37. The van der Waals surface area contributed by atoms with Gasteiger partial charge < -0.3 is 5.32 Å². The van der Waals surface area contributed by atoms with Crippen LogP contribution in [-0.2, 0) is 5.41 Å². The molecule has 0 aliphatic rings. The van der Waals surface area contributed by atoms with Gasteiger partial charge in [0.1, 0.15) is 0 Å². The number of aryl methyl sites for hydroxylation is 1. The highest BCUT2D eigenvalue weighted by Crippen LogP contribution is 2.42. The van der Waals surface area contributed by atoms with Crippen molar-refractivity contribution in [2.75, 3.05) is 7.05 Å². The summed E-state index contributed by atoms with van der Waals surface area (Å²) in [6.45, 7) is 6.59. The van der Waals surface area contributed by atoms with Crippen molar-refractivity contribution in [1.29, 1.82) is 0 Å². The van der Waals surface area contributed by atoms with Gasteiger partial charge in [0.25, 0.3) is 0 Å². The van der Waals surface area contributed by atoms with Crippen molar-refractivity contribution >= 4 is 0 Å². The van der Waals surface area contributed by atoms with Crippen molar-refractivity contribution in [3.8, 4) is 0 Å². The maximum atomic E-state index is 4.48. The molecule has 0 fully saturated rings. The Balaban J connectivity index is 2.51. The lowest BCUT2D eigenvalue weighted by atomic mass is 9.68. The SMILES string of the molecule is CCC(CC)(c1ccccc1)C(NC)c1ccc(C)nc1. The van der Waals surface area contributed by atoms with E-state index in [1.165, 1.54) is 11.1 Å². The largest absolute Gasteiger partial charge is 0.312 e. The first-order chi connectivity index (χ1) is 10.2. The molecule has 0 bridgehead atoms. The third-order valence-corrected chi connectivity index (χ3v) is 4.72. The monoisotopic (exact) mass is 282 g/mol. The zero-order chi connectivity index (χ0) is 15.3. The summed E-state index contributed by atoms with van der Waals surface area (Å²) in [6.07, 6.45) is 4.19. The Bertz CT molecular complexity index is 542. The normalized spacial score (nSPS) is 13.1. The van der Waals surface area contributed by atoms with Crippen molar-refractivity contribution in [1.82, 2.24) is 10.3 Å². The molecule has 1 unspecified atom stereocenters. The Morgan fingerprint density at radius 2 is 1.71 bits per heavy atom. The number of likely N-dealkylation sites (N-methyl/N-ethyl adjacent to an activating group) is 1. The van der Waals surface area contributed by atoms with Crippen molar-refractivity contribution in [2.24, 2.45) is 0 Å². The van der Waals surface area contributed by atoms with E-state index < -0.39 is 0 Å². The van der Waals surface area contributed by atoms with Crippen LogP contribution in [0.25, 0.3) is 0 Å². The molecule has 1 aromatic carbocycles. The maximum Gasteiger partial charge on any atom is 0.0430 e. The van der Waals surface area contributed by atoms with Crippen molar-refractivity contribution in [3.63, 3.8) is 0 Å². The number of hydrogen-bond acceptors (Lipinski definition) is 2. The fourth-order valence-electron chi connectivity index (χ4n) is 3.42. The molecule has 0 spiro atoms. The third-order valence-electron chi connectivity index (χ3n) is 4.72. The summed E-state index contributed by atoms with van der Waals surface area (Å²) in [6, 6.07) is 15.4. The van der Waals surface area contributed by atoms with Crippen LogP contribution in [0, 0.1) is 6.92 Å². The predicted molar refractivity (Wildman–Crippen MR) is 89.5 cm³/mol. The number of hydrogen-bond donors (Lipinski definition) is 1. The molecule has 1 aromatic heterocycles. The Hall–Kier alpha value is -1.67. The number of rotatable bonds is 6. The Morgan fingerprint density at radius 1 is 1.05 bits per heavy atom. The van der Waals surface area contributed by atoms with Gasteiger partial charge in [-0.15, -0.1) is 0 Å². The number of benzene rings is 1. The summed E-state index contributed by atoms with van der Waals surface area (Å²) in [5, 5.41) is 3.54. The summed E-state index contributed by atoms with van der Waals surface area (Å²) < 4.78 is 0. The van der Waals surface area contributed by atoms with Gasteiger partial charge in [0.2, 0.25) is 0 Å². The van der Waals surface area contributed by atoms with Crippen LogP contribution in [0.4, 0.5) is 0 Å². The van der Waals surface area contributed by atoms with Crippen LogP contribution in [0.5, 0.6) is 0 Å². The molecule has 21 heavy (non-hydrogen) atoms. The van der Waals surface area contributed by atoms with E-state index in [4.69, 9.17) is 0 Å². The van der Waals surface area contributed by atoms with Crippen LogP contribution in [0.2, 0.25) is 0 Å². The number of nitrogens with zero attached hydrogens (tertiary/aromatic N) is 1. The molecule has 0 saturated heterocycles. The van der Waals surface area contributed by atoms with E-state index in [0.29, 0.717) is 0 Å². The van der Waals surface area contributed by atoms with Crippen molar-refractivity contribution in [2.45, 2.75) is 45.1 Å². The molecule has 2 aromatic rings. The summed E-state index contributed by atoms with van der Waals surface area (Å²) >= 11 is 0. The molecule has 0 aliphatic carbocycles. The fourth-order valence-corrected chi connectivity index (χ4v) is 3.42. The lowest BCUT2D eigenvalue weighted by molar-refractivity contribution is 0.286. The molecule has 1 atom stereocenters. The van der Waals surface area contributed by atoms with Gasteiger partial charge in [-0.3, -0.25) is 4.98 Å². The van der Waals surface area contributed by atoms with Gasteiger partial charge in [-0.25, -0.2) is 0 Å². The van der Waals surface area contributed by atoms with Crippen LogP contribution >= 0.6 is 0 Å². The first-order valence-electron chi connectivity index (χ1n) is 7.83.